The van der Waals surface area contributed by atoms with Crippen molar-refractivity contribution in [3.05, 3.63) is 0 Å². The van der Waals surface area contributed by atoms with Crippen molar-refractivity contribution in [2.45, 2.75) is 25.7 Å². The minimum atomic E-state index is -3.18. The van der Waals surface area contributed by atoms with E-state index in [9.17, 15) is 18.0 Å². The van der Waals surface area contributed by atoms with Gasteiger partial charge in [-0.05, 0) is 25.2 Å². The van der Waals surface area contributed by atoms with Crippen LogP contribution in [-0.2, 0) is 14.8 Å². The molecular formula is C12H23N3O5S. The summed E-state index contributed by atoms with van der Waals surface area (Å²) in [5, 5.41) is 11.4. The number of carboxylic acids is 1. The van der Waals surface area contributed by atoms with E-state index in [-0.39, 0.29) is 18.4 Å². The molecule has 1 fully saturated rings. The first kappa shape index (κ1) is 17.7. The van der Waals surface area contributed by atoms with Crippen molar-refractivity contribution in [3.63, 3.8) is 0 Å². The summed E-state index contributed by atoms with van der Waals surface area (Å²) in [7, 11) is -3.18. The van der Waals surface area contributed by atoms with E-state index in [1.807, 2.05) is 0 Å². The number of nitrogens with one attached hydrogen (secondary N) is 2. The van der Waals surface area contributed by atoms with E-state index in [2.05, 4.69) is 10.0 Å². The predicted molar refractivity (Wildman–Crippen MR) is 77.4 cm³/mol. The van der Waals surface area contributed by atoms with Gasteiger partial charge in [0.15, 0.2) is 0 Å². The molecule has 9 heteroatoms. The van der Waals surface area contributed by atoms with E-state index in [1.54, 1.807) is 4.90 Å². The number of carbonyl (C=O) groups excluding carboxylic acids is 1. The summed E-state index contributed by atoms with van der Waals surface area (Å²) < 4.78 is 24.0. The molecule has 1 unspecified atom stereocenters. The molecule has 0 aliphatic carbocycles. The van der Waals surface area contributed by atoms with Crippen LogP contribution >= 0.6 is 0 Å². The number of likely N-dealkylation sites (tertiary alicyclic amines) is 1. The summed E-state index contributed by atoms with van der Waals surface area (Å²) in [6.45, 7) is 1.91. The van der Waals surface area contributed by atoms with E-state index in [0.29, 0.717) is 39.0 Å². The molecule has 21 heavy (non-hydrogen) atoms. The molecule has 1 heterocycles. The summed E-state index contributed by atoms with van der Waals surface area (Å²) in [6, 6.07) is -0.174. The van der Waals surface area contributed by atoms with Crippen molar-refractivity contribution < 1.29 is 23.1 Å². The van der Waals surface area contributed by atoms with Crippen molar-refractivity contribution in [1.29, 1.82) is 0 Å². The highest BCUT2D eigenvalue weighted by Gasteiger charge is 2.26. The van der Waals surface area contributed by atoms with Crippen molar-refractivity contribution in [1.82, 2.24) is 14.9 Å². The zero-order valence-electron chi connectivity index (χ0n) is 12.2. The van der Waals surface area contributed by atoms with Crippen LogP contribution < -0.4 is 10.0 Å². The first-order valence-corrected chi connectivity index (χ1v) is 8.86. The molecule has 3 N–H and O–H groups in total. The van der Waals surface area contributed by atoms with Gasteiger partial charge in [0.25, 0.3) is 0 Å². The standard InChI is InChI=1S/C12H23N3O5S/c1-21(19,20)14-7-2-6-13-12(18)15-8-5-10(9-15)3-4-11(16)17/h10,14H,2-9H2,1H3,(H,13,18)(H,16,17). The normalized spacial score (nSPS) is 18.7. The average Bonchev–Trinajstić information content (AvgIpc) is 2.83. The van der Waals surface area contributed by atoms with E-state index in [0.717, 1.165) is 12.7 Å². The second-order valence-corrected chi connectivity index (χ2v) is 7.12. The van der Waals surface area contributed by atoms with E-state index in [1.165, 1.54) is 0 Å². The molecule has 0 radical (unpaired) electrons. The Morgan fingerprint density at radius 1 is 1.33 bits per heavy atom. The molecule has 0 aromatic carbocycles. The fourth-order valence-corrected chi connectivity index (χ4v) is 2.75. The number of hydrogen-bond donors (Lipinski definition) is 3. The Labute approximate surface area is 124 Å². The summed E-state index contributed by atoms with van der Waals surface area (Å²) >= 11 is 0. The van der Waals surface area contributed by atoms with E-state index < -0.39 is 16.0 Å². The van der Waals surface area contributed by atoms with Gasteiger partial charge in [-0.15, -0.1) is 0 Å². The molecule has 1 aliphatic heterocycles. The first-order valence-electron chi connectivity index (χ1n) is 6.97. The van der Waals surface area contributed by atoms with Gasteiger partial charge in [0, 0.05) is 32.6 Å². The van der Waals surface area contributed by atoms with Crippen molar-refractivity contribution in [3.8, 4) is 0 Å². The highest BCUT2D eigenvalue weighted by Crippen LogP contribution is 2.20. The summed E-state index contributed by atoms with van der Waals surface area (Å²) in [5.74, 6) is -0.560. The summed E-state index contributed by atoms with van der Waals surface area (Å²) in [4.78, 5) is 24.0. The lowest BCUT2D eigenvalue weighted by atomic mass is 10.0. The Balaban J connectivity index is 2.14. The van der Waals surface area contributed by atoms with Gasteiger partial charge in [-0.3, -0.25) is 4.79 Å². The number of carboxylic acid groups (broad SMARTS) is 1. The van der Waals surface area contributed by atoms with Crippen molar-refractivity contribution >= 4 is 22.0 Å². The molecule has 0 spiro atoms. The molecule has 1 rings (SSSR count). The quantitative estimate of drug-likeness (QED) is 0.536. The zero-order valence-corrected chi connectivity index (χ0v) is 13.0. The van der Waals surface area contributed by atoms with Crippen LogP contribution in [0.1, 0.15) is 25.7 Å². The molecule has 1 atom stereocenters. The molecule has 8 nitrogen and oxygen atoms in total. The topological polar surface area (TPSA) is 116 Å². The average molecular weight is 321 g/mol. The number of carbonyl (C=O) groups is 2. The maximum absolute atomic E-state index is 11.8. The molecule has 0 aromatic heterocycles. The molecule has 0 bridgehead atoms. The van der Waals surface area contributed by atoms with Gasteiger partial charge < -0.3 is 15.3 Å². The van der Waals surface area contributed by atoms with Crippen molar-refractivity contribution in [2.75, 3.05) is 32.4 Å². The van der Waals surface area contributed by atoms with Crippen LogP contribution in [-0.4, -0.2) is 62.9 Å². The minimum absolute atomic E-state index is 0.136. The van der Waals surface area contributed by atoms with Crippen LogP contribution in [0, 0.1) is 5.92 Å². The van der Waals surface area contributed by atoms with Gasteiger partial charge in [-0.25, -0.2) is 17.9 Å². The first-order chi connectivity index (χ1) is 9.78. The second kappa shape index (κ2) is 8.18. The Morgan fingerprint density at radius 2 is 2.05 bits per heavy atom. The molecule has 1 aliphatic rings. The fourth-order valence-electron chi connectivity index (χ4n) is 2.23. The molecule has 0 saturated carbocycles. The predicted octanol–water partition coefficient (Wildman–Crippen LogP) is -0.178. The van der Waals surface area contributed by atoms with E-state index >= 15 is 0 Å². The van der Waals surface area contributed by atoms with Crippen LogP contribution in [0.5, 0.6) is 0 Å². The molecule has 122 valence electrons. The van der Waals surface area contributed by atoms with Gasteiger partial charge in [-0.2, -0.15) is 0 Å². The monoisotopic (exact) mass is 321 g/mol. The number of sulfonamides is 1. The van der Waals surface area contributed by atoms with Gasteiger partial charge in [0.1, 0.15) is 0 Å². The minimum Gasteiger partial charge on any atom is -0.481 e. The number of hydrogen-bond acceptors (Lipinski definition) is 4. The number of rotatable bonds is 8. The third-order valence-corrected chi connectivity index (χ3v) is 4.06. The SMILES string of the molecule is CS(=O)(=O)NCCCNC(=O)N1CCC(CCC(=O)O)C1. The summed E-state index contributed by atoms with van der Waals surface area (Å²) in [6.07, 6.45) is 3.17. The highest BCUT2D eigenvalue weighted by molar-refractivity contribution is 7.88. The highest BCUT2D eigenvalue weighted by atomic mass is 32.2. The Morgan fingerprint density at radius 3 is 2.67 bits per heavy atom. The molecular weight excluding hydrogens is 298 g/mol. The van der Waals surface area contributed by atoms with Crippen LogP contribution in [0.2, 0.25) is 0 Å². The molecule has 2 amide bonds. The maximum atomic E-state index is 11.8. The van der Waals surface area contributed by atoms with Crippen LogP contribution in [0.25, 0.3) is 0 Å². The number of amides is 2. The number of urea groups is 1. The maximum Gasteiger partial charge on any atom is 0.317 e. The van der Waals surface area contributed by atoms with Crippen molar-refractivity contribution in [2.24, 2.45) is 5.92 Å². The Kier molecular flexibility index (Phi) is 6.90. The largest absolute Gasteiger partial charge is 0.481 e. The molecule has 0 aromatic rings. The van der Waals surface area contributed by atoms with Crippen LogP contribution in [0.15, 0.2) is 0 Å². The van der Waals surface area contributed by atoms with Gasteiger partial charge >= 0.3 is 12.0 Å². The lowest BCUT2D eigenvalue weighted by Gasteiger charge is -2.17. The third kappa shape index (κ3) is 7.86. The third-order valence-electron chi connectivity index (χ3n) is 3.33. The van der Waals surface area contributed by atoms with Crippen LogP contribution in [0.3, 0.4) is 0 Å². The van der Waals surface area contributed by atoms with Gasteiger partial charge in [0.2, 0.25) is 10.0 Å². The Bertz CT molecular complexity index is 466. The summed E-state index contributed by atoms with van der Waals surface area (Å²) in [5.41, 5.74) is 0. The van der Waals surface area contributed by atoms with Gasteiger partial charge in [-0.1, -0.05) is 0 Å². The number of aliphatic carboxylic acids is 1. The fraction of sp³-hybridized carbons (Fsp3) is 0.833. The smallest absolute Gasteiger partial charge is 0.317 e. The van der Waals surface area contributed by atoms with Gasteiger partial charge in [0.05, 0.1) is 6.26 Å². The van der Waals surface area contributed by atoms with E-state index in [4.69, 9.17) is 5.11 Å². The number of nitrogens with zero attached hydrogens (tertiary/aromatic N) is 1. The molecule has 1 saturated heterocycles. The zero-order chi connectivity index (χ0) is 15.9. The van der Waals surface area contributed by atoms with Crippen LogP contribution in [0.4, 0.5) is 4.79 Å². The lowest BCUT2D eigenvalue weighted by molar-refractivity contribution is -0.137. The second-order valence-electron chi connectivity index (χ2n) is 5.29. The Hall–Kier alpha value is -1.35. The lowest BCUT2D eigenvalue weighted by Crippen LogP contribution is -2.39.